The molecule has 2 N–H and O–H groups in total. The van der Waals surface area contributed by atoms with Gasteiger partial charge in [-0.1, -0.05) is 30.3 Å². The fraction of sp³-hybridized carbons (Fsp3) is 0.182. The van der Waals surface area contributed by atoms with E-state index in [1.807, 2.05) is 18.2 Å². The molecule has 138 valence electrons. The molecule has 0 fully saturated rings. The summed E-state index contributed by atoms with van der Waals surface area (Å²) >= 11 is 0. The number of hydrogen-bond acceptors (Lipinski definition) is 3. The van der Waals surface area contributed by atoms with Crippen molar-refractivity contribution >= 4 is 17.5 Å². The number of amides is 2. The second-order valence-electron chi connectivity index (χ2n) is 6.23. The molecule has 0 unspecified atom stereocenters. The van der Waals surface area contributed by atoms with Crippen molar-refractivity contribution in [2.75, 3.05) is 5.32 Å². The lowest BCUT2D eigenvalue weighted by molar-refractivity contribution is -0.116. The van der Waals surface area contributed by atoms with Gasteiger partial charge in [0, 0.05) is 17.7 Å². The maximum Gasteiger partial charge on any atom is 0.251 e. The average Bonchev–Trinajstić information content (AvgIpc) is 3.21. The van der Waals surface area contributed by atoms with Gasteiger partial charge in [-0.2, -0.15) is 0 Å². The number of benzene rings is 2. The van der Waals surface area contributed by atoms with E-state index < -0.39 is 0 Å². The molecule has 27 heavy (non-hydrogen) atoms. The quantitative estimate of drug-likeness (QED) is 0.632. The summed E-state index contributed by atoms with van der Waals surface area (Å²) in [6.07, 6.45) is 3.70. The molecule has 5 nitrogen and oxygen atoms in total. The van der Waals surface area contributed by atoms with Gasteiger partial charge in [-0.05, 0) is 54.8 Å². The normalized spacial score (nSPS) is 10.4. The van der Waals surface area contributed by atoms with E-state index in [1.54, 1.807) is 42.7 Å². The van der Waals surface area contributed by atoms with Crippen LogP contribution in [0.15, 0.2) is 77.4 Å². The standard InChI is InChI=1S/C22H22N2O3/c25-21(10-4-8-17-6-2-1-3-7-17)24-19-13-11-18(12-14-19)22(26)23-16-20-9-5-15-27-20/h1-3,5-7,9,11-15H,4,8,10,16H2,(H,23,26)(H,24,25). The zero-order chi connectivity index (χ0) is 18.9. The first kappa shape index (κ1) is 18.5. The van der Waals surface area contributed by atoms with Crippen LogP contribution in [0, 0.1) is 0 Å². The molecule has 0 atom stereocenters. The monoisotopic (exact) mass is 362 g/mol. The van der Waals surface area contributed by atoms with E-state index >= 15 is 0 Å². The maximum atomic E-state index is 12.1. The van der Waals surface area contributed by atoms with Gasteiger partial charge in [-0.3, -0.25) is 9.59 Å². The van der Waals surface area contributed by atoms with Crippen molar-refractivity contribution in [1.82, 2.24) is 5.32 Å². The highest BCUT2D eigenvalue weighted by atomic mass is 16.3. The second-order valence-corrected chi connectivity index (χ2v) is 6.23. The van der Waals surface area contributed by atoms with Crippen LogP contribution in [0.2, 0.25) is 0 Å². The van der Waals surface area contributed by atoms with E-state index in [0.29, 0.717) is 30.0 Å². The highest BCUT2D eigenvalue weighted by Crippen LogP contribution is 2.12. The van der Waals surface area contributed by atoms with Crippen molar-refractivity contribution in [3.8, 4) is 0 Å². The van der Waals surface area contributed by atoms with Crippen LogP contribution in [0.5, 0.6) is 0 Å². The molecule has 0 saturated heterocycles. The highest BCUT2D eigenvalue weighted by Gasteiger charge is 2.07. The predicted octanol–water partition coefficient (Wildman–Crippen LogP) is 4.17. The van der Waals surface area contributed by atoms with Gasteiger partial charge in [-0.15, -0.1) is 0 Å². The molecule has 2 amide bonds. The molecule has 0 bridgehead atoms. The summed E-state index contributed by atoms with van der Waals surface area (Å²) in [5, 5.41) is 5.65. The molecule has 0 spiro atoms. The topological polar surface area (TPSA) is 71.3 Å². The molecular weight excluding hydrogens is 340 g/mol. The van der Waals surface area contributed by atoms with E-state index in [2.05, 4.69) is 22.8 Å². The Morgan fingerprint density at radius 2 is 1.67 bits per heavy atom. The maximum absolute atomic E-state index is 12.1. The van der Waals surface area contributed by atoms with Gasteiger partial charge < -0.3 is 15.1 Å². The number of furan rings is 1. The Bertz CT molecular complexity index is 856. The number of carbonyl (C=O) groups excluding carboxylic acids is 2. The Morgan fingerprint density at radius 3 is 2.37 bits per heavy atom. The molecule has 0 aliphatic carbocycles. The third-order valence-electron chi connectivity index (χ3n) is 4.15. The van der Waals surface area contributed by atoms with E-state index in [0.717, 1.165) is 12.8 Å². The Morgan fingerprint density at radius 1 is 0.889 bits per heavy atom. The smallest absolute Gasteiger partial charge is 0.251 e. The van der Waals surface area contributed by atoms with Gasteiger partial charge in [0.25, 0.3) is 5.91 Å². The first-order chi connectivity index (χ1) is 13.2. The van der Waals surface area contributed by atoms with Gasteiger partial charge in [0.2, 0.25) is 5.91 Å². The highest BCUT2D eigenvalue weighted by molar-refractivity contribution is 5.95. The van der Waals surface area contributed by atoms with E-state index in [4.69, 9.17) is 4.42 Å². The minimum atomic E-state index is -0.188. The first-order valence-corrected chi connectivity index (χ1v) is 8.95. The minimum Gasteiger partial charge on any atom is -0.467 e. The van der Waals surface area contributed by atoms with E-state index in [-0.39, 0.29) is 11.8 Å². The number of rotatable bonds is 8. The molecule has 5 heteroatoms. The van der Waals surface area contributed by atoms with Crippen LogP contribution in [0.1, 0.15) is 34.5 Å². The summed E-state index contributed by atoms with van der Waals surface area (Å²) in [6.45, 7) is 0.339. The number of nitrogens with one attached hydrogen (secondary N) is 2. The Hall–Kier alpha value is -3.34. The number of hydrogen-bond donors (Lipinski definition) is 2. The van der Waals surface area contributed by atoms with Crippen LogP contribution in [0.4, 0.5) is 5.69 Å². The Balaban J connectivity index is 1.42. The summed E-state index contributed by atoms with van der Waals surface area (Å²) in [6, 6.07) is 20.5. The fourth-order valence-electron chi connectivity index (χ4n) is 2.71. The molecule has 0 aliphatic heterocycles. The van der Waals surface area contributed by atoms with Crippen molar-refractivity contribution in [3.05, 3.63) is 89.9 Å². The van der Waals surface area contributed by atoms with Crippen molar-refractivity contribution in [1.29, 1.82) is 0 Å². The van der Waals surface area contributed by atoms with Crippen molar-refractivity contribution < 1.29 is 14.0 Å². The number of anilines is 1. The molecule has 1 aromatic heterocycles. The van der Waals surface area contributed by atoms with Crippen LogP contribution >= 0.6 is 0 Å². The lowest BCUT2D eigenvalue weighted by Crippen LogP contribution is -2.22. The Kier molecular flexibility index (Phi) is 6.41. The van der Waals surface area contributed by atoms with Gasteiger partial charge in [0.1, 0.15) is 5.76 Å². The van der Waals surface area contributed by atoms with Gasteiger partial charge in [-0.25, -0.2) is 0 Å². The SMILES string of the molecule is O=C(CCCc1ccccc1)Nc1ccc(C(=O)NCc2ccco2)cc1. The lowest BCUT2D eigenvalue weighted by atomic mass is 10.1. The summed E-state index contributed by atoms with van der Waals surface area (Å²) in [4.78, 5) is 24.2. The van der Waals surface area contributed by atoms with Crippen molar-refractivity contribution in [3.63, 3.8) is 0 Å². The summed E-state index contributed by atoms with van der Waals surface area (Å²) in [7, 11) is 0. The molecule has 3 aromatic rings. The molecular formula is C22H22N2O3. The fourth-order valence-corrected chi connectivity index (χ4v) is 2.71. The molecule has 0 saturated carbocycles. The first-order valence-electron chi connectivity index (χ1n) is 8.95. The number of carbonyl (C=O) groups is 2. The second kappa shape index (κ2) is 9.38. The summed E-state index contributed by atoms with van der Waals surface area (Å²) in [5.74, 6) is 0.482. The van der Waals surface area contributed by atoms with Crippen LogP contribution in [0.25, 0.3) is 0 Å². The average molecular weight is 362 g/mol. The largest absolute Gasteiger partial charge is 0.467 e. The summed E-state index contributed by atoms with van der Waals surface area (Å²) < 4.78 is 5.18. The van der Waals surface area contributed by atoms with Gasteiger partial charge in [0.05, 0.1) is 12.8 Å². The molecule has 0 aliphatic rings. The van der Waals surface area contributed by atoms with E-state index in [1.165, 1.54) is 5.56 Å². The molecule has 2 aromatic carbocycles. The van der Waals surface area contributed by atoms with Crippen LogP contribution < -0.4 is 10.6 Å². The van der Waals surface area contributed by atoms with Gasteiger partial charge >= 0.3 is 0 Å². The minimum absolute atomic E-state index is 0.0269. The van der Waals surface area contributed by atoms with Crippen molar-refractivity contribution in [2.24, 2.45) is 0 Å². The molecule has 3 rings (SSSR count). The van der Waals surface area contributed by atoms with Crippen LogP contribution in [0.3, 0.4) is 0 Å². The molecule has 0 radical (unpaired) electrons. The van der Waals surface area contributed by atoms with E-state index in [9.17, 15) is 9.59 Å². The molecule has 1 heterocycles. The predicted molar refractivity (Wildman–Crippen MR) is 104 cm³/mol. The number of aryl methyl sites for hydroxylation is 1. The van der Waals surface area contributed by atoms with Gasteiger partial charge in [0.15, 0.2) is 0 Å². The van der Waals surface area contributed by atoms with Crippen LogP contribution in [-0.2, 0) is 17.8 Å². The zero-order valence-corrected chi connectivity index (χ0v) is 15.0. The third-order valence-corrected chi connectivity index (χ3v) is 4.15. The Labute approximate surface area is 158 Å². The zero-order valence-electron chi connectivity index (χ0n) is 15.0. The van der Waals surface area contributed by atoms with Crippen molar-refractivity contribution in [2.45, 2.75) is 25.8 Å². The van der Waals surface area contributed by atoms with Crippen LogP contribution in [-0.4, -0.2) is 11.8 Å². The third kappa shape index (κ3) is 5.85. The summed E-state index contributed by atoms with van der Waals surface area (Å²) in [5.41, 5.74) is 2.45. The lowest BCUT2D eigenvalue weighted by Gasteiger charge is -2.07.